The highest BCUT2D eigenvalue weighted by Gasteiger charge is 2.35. The molecular weight excluding hydrogens is 398 g/mol. The van der Waals surface area contributed by atoms with Crippen LogP contribution in [0.4, 0.5) is 11.5 Å². The fourth-order valence-electron chi connectivity index (χ4n) is 4.64. The SMILES string of the molecule is Cc1cc(C)cc(Cn2ccc3cc(Nc4ncc(C5CC5C)cc4C(=O)O)ccc32)c1. The molecule has 1 fully saturated rings. The first kappa shape index (κ1) is 20.3. The van der Waals surface area contributed by atoms with E-state index in [1.54, 1.807) is 6.07 Å². The van der Waals surface area contributed by atoms with Gasteiger partial charge in [-0.2, -0.15) is 0 Å². The summed E-state index contributed by atoms with van der Waals surface area (Å²) in [6.45, 7) is 7.24. The van der Waals surface area contributed by atoms with Crippen molar-refractivity contribution in [3.63, 3.8) is 0 Å². The van der Waals surface area contributed by atoms with Crippen LogP contribution in [-0.4, -0.2) is 20.6 Å². The van der Waals surface area contributed by atoms with Gasteiger partial charge >= 0.3 is 5.97 Å². The van der Waals surface area contributed by atoms with Crippen molar-refractivity contribution >= 4 is 28.4 Å². The monoisotopic (exact) mass is 425 g/mol. The average Bonchev–Trinajstić information content (AvgIpc) is 3.34. The summed E-state index contributed by atoms with van der Waals surface area (Å²) in [5, 5.41) is 14.0. The number of hydrogen-bond donors (Lipinski definition) is 2. The molecule has 1 aliphatic carbocycles. The molecule has 0 aliphatic heterocycles. The van der Waals surface area contributed by atoms with Crippen LogP contribution >= 0.6 is 0 Å². The molecule has 2 aromatic heterocycles. The van der Waals surface area contributed by atoms with Gasteiger partial charge in [0, 0.05) is 35.5 Å². The summed E-state index contributed by atoms with van der Waals surface area (Å²) in [7, 11) is 0. The molecule has 5 heteroatoms. The van der Waals surface area contributed by atoms with Crippen LogP contribution in [0.15, 0.2) is 60.9 Å². The van der Waals surface area contributed by atoms with Crippen molar-refractivity contribution in [1.29, 1.82) is 0 Å². The maximum Gasteiger partial charge on any atom is 0.339 e. The fourth-order valence-corrected chi connectivity index (χ4v) is 4.64. The normalized spacial score (nSPS) is 17.5. The molecule has 0 spiro atoms. The molecule has 0 radical (unpaired) electrons. The number of anilines is 2. The van der Waals surface area contributed by atoms with Crippen molar-refractivity contribution in [2.24, 2.45) is 5.92 Å². The number of fused-ring (bicyclic) bond motifs is 1. The predicted molar refractivity (Wildman–Crippen MR) is 128 cm³/mol. The zero-order valence-electron chi connectivity index (χ0n) is 18.6. The minimum absolute atomic E-state index is 0.217. The molecule has 0 amide bonds. The summed E-state index contributed by atoms with van der Waals surface area (Å²) >= 11 is 0. The third kappa shape index (κ3) is 3.98. The zero-order valence-corrected chi connectivity index (χ0v) is 18.6. The Balaban J connectivity index is 1.41. The number of benzene rings is 2. The Bertz CT molecular complexity index is 1320. The Morgan fingerprint density at radius 1 is 1.12 bits per heavy atom. The number of aryl methyl sites for hydroxylation is 2. The van der Waals surface area contributed by atoms with Gasteiger partial charge in [0.1, 0.15) is 11.4 Å². The highest BCUT2D eigenvalue weighted by Crippen LogP contribution is 2.47. The largest absolute Gasteiger partial charge is 0.478 e. The minimum Gasteiger partial charge on any atom is -0.478 e. The standard InChI is InChI=1S/C27H27N3O2/c1-16-8-17(2)10-19(9-16)15-30-7-6-20-12-22(4-5-25(20)30)29-26-24(27(31)32)13-21(14-28-26)23-11-18(23)3/h4-10,12-14,18,23H,11,15H2,1-3H3,(H,28,29)(H,31,32). The van der Waals surface area contributed by atoms with Gasteiger partial charge < -0.3 is 15.0 Å². The van der Waals surface area contributed by atoms with Crippen molar-refractivity contribution in [3.05, 3.63) is 88.7 Å². The smallest absolute Gasteiger partial charge is 0.339 e. The topological polar surface area (TPSA) is 67.2 Å². The third-order valence-electron chi connectivity index (χ3n) is 6.35. The number of carbonyl (C=O) groups is 1. The van der Waals surface area contributed by atoms with E-state index in [0.29, 0.717) is 17.7 Å². The highest BCUT2D eigenvalue weighted by atomic mass is 16.4. The maximum atomic E-state index is 11.8. The number of rotatable bonds is 6. The van der Waals surface area contributed by atoms with Crippen molar-refractivity contribution in [3.8, 4) is 0 Å². The number of nitrogens with zero attached hydrogens (tertiary/aromatic N) is 2. The molecule has 1 aliphatic rings. The highest BCUT2D eigenvalue weighted by molar-refractivity contribution is 5.95. The number of pyridine rings is 1. The molecule has 2 N–H and O–H groups in total. The summed E-state index contributed by atoms with van der Waals surface area (Å²) in [6, 6.07) is 16.6. The van der Waals surface area contributed by atoms with Gasteiger partial charge in [-0.05, 0) is 73.6 Å². The van der Waals surface area contributed by atoms with Gasteiger partial charge in [0.2, 0.25) is 0 Å². The van der Waals surface area contributed by atoms with Crippen molar-refractivity contribution in [1.82, 2.24) is 9.55 Å². The molecule has 1 saturated carbocycles. The number of carboxylic acids is 1. The van der Waals surface area contributed by atoms with Crippen molar-refractivity contribution < 1.29 is 9.90 Å². The molecule has 162 valence electrons. The van der Waals surface area contributed by atoms with Crippen molar-refractivity contribution in [2.45, 2.75) is 39.7 Å². The van der Waals surface area contributed by atoms with Crippen LogP contribution in [-0.2, 0) is 6.54 Å². The lowest BCUT2D eigenvalue weighted by Gasteiger charge is -2.11. The number of aromatic nitrogens is 2. The second-order valence-corrected chi connectivity index (χ2v) is 9.13. The summed E-state index contributed by atoms with van der Waals surface area (Å²) in [6.07, 6.45) is 5.00. The Morgan fingerprint density at radius 3 is 2.56 bits per heavy atom. The summed E-state index contributed by atoms with van der Waals surface area (Å²) in [5.74, 6) is 0.453. The van der Waals surface area contributed by atoms with E-state index >= 15 is 0 Å². The lowest BCUT2D eigenvalue weighted by molar-refractivity contribution is 0.0697. The van der Waals surface area contributed by atoms with E-state index < -0.39 is 5.97 Å². The van der Waals surface area contributed by atoms with Gasteiger partial charge in [-0.25, -0.2) is 9.78 Å². The van der Waals surface area contributed by atoms with Gasteiger partial charge in [0.15, 0.2) is 0 Å². The first-order valence-corrected chi connectivity index (χ1v) is 11.0. The van der Waals surface area contributed by atoms with Crippen LogP contribution < -0.4 is 5.32 Å². The molecule has 32 heavy (non-hydrogen) atoms. The van der Waals surface area contributed by atoms with Crippen LogP contribution in [0.5, 0.6) is 0 Å². The Morgan fingerprint density at radius 2 is 1.88 bits per heavy atom. The quantitative estimate of drug-likeness (QED) is 0.382. The summed E-state index contributed by atoms with van der Waals surface area (Å²) in [5.41, 5.74) is 7.01. The molecule has 0 bridgehead atoms. The molecule has 5 nitrogen and oxygen atoms in total. The number of aromatic carboxylic acids is 1. The van der Waals surface area contributed by atoms with Gasteiger partial charge in [-0.15, -0.1) is 0 Å². The fraction of sp³-hybridized carbons (Fsp3) is 0.259. The van der Waals surface area contributed by atoms with Crippen LogP contribution in [0.25, 0.3) is 10.9 Å². The van der Waals surface area contributed by atoms with E-state index in [2.05, 4.69) is 72.2 Å². The predicted octanol–water partition coefficient (Wildman–Crippen LogP) is 6.27. The molecule has 2 unspecified atom stereocenters. The molecule has 4 aromatic rings. The number of carboxylic acid groups (broad SMARTS) is 1. The van der Waals surface area contributed by atoms with Crippen LogP contribution in [0, 0.1) is 19.8 Å². The Kier molecular flexibility index (Phi) is 4.97. The van der Waals surface area contributed by atoms with E-state index in [9.17, 15) is 9.90 Å². The first-order chi connectivity index (χ1) is 15.4. The Hall–Kier alpha value is -3.60. The number of hydrogen-bond acceptors (Lipinski definition) is 3. The summed E-state index contributed by atoms with van der Waals surface area (Å²) in [4.78, 5) is 16.3. The summed E-state index contributed by atoms with van der Waals surface area (Å²) < 4.78 is 2.24. The van der Waals surface area contributed by atoms with Gasteiger partial charge in [0.25, 0.3) is 0 Å². The molecule has 2 aromatic carbocycles. The lowest BCUT2D eigenvalue weighted by atomic mass is 10.1. The minimum atomic E-state index is -0.962. The zero-order chi connectivity index (χ0) is 22.4. The number of nitrogens with one attached hydrogen (secondary N) is 1. The lowest BCUT2D eigenvalue weighted by Crippen LogP contribution is -2.06. The van der Waals surface area contributed by atoms with Crippen LogP contribution in [0.1, 0.15) is 51.9 Å². The molecular formula is C27H27N3O2. The second kappa shape index (κ2) is 7.83. The van der Waals surface area contributed by atoms with E-state index in [4.69, 9.17) is 0 Å². The third-order valence-corrected chi connectivity index (χ3v) is 6.35. The Labute approximate surface area is 187 Å². The van der Waals surface area contributed by atoms with E-state index in [-0.39, 0.29) is 5.56 Å². The second-order valence-electron chi connectivity index (χ2n) is 9.13. The van der Waals surface area contributed by atoms with E-state index in [1.165, 1.54) is 16.7 Å². The average molecular weight is 426 g/mol. The van der Waals surface area contributed by atoms with E-state index in [1.807, 2.05) is 18.3 Å². The molecule has 5 rings (SSSR count). The van der Waals surface area contributed by atoms with Gasteiger partial charge in [-0.3, -0.25) is 0 Å². The maximum absolute atomic E-state index is 11.8. The van der Waals surface area contributed by atoms with E-state index in [0.717, 1.165) is 35.1 Å². The first-order valence-electron chi connectivity index (χ1n) is 11.0. The van der Waals surface area contributed by atoms with Crippen molar-refractivity contribution in [2.75, 3.05) is 5.32 Å². The molecule has 2 atom stereocenters. The van der Waals surface area contributed by atoms with Crippen LogP contribution in [0.2, 0.25) is 0 Å². The van der Waals surface area contributed by atoms with Gasteiger partial charge in [-0.1, -0.05) is 36.2 Å². The molecule has 0 saturated heterocycles. The van der Waals surface area contributed by atoms with Crippen LogP contribution in [0.3, 0.4) is 0 Å². The molecule has 2 heterocycles. The van der Waals surface area contributed by atoms with Gasteiger partial charge in [0.05, 0.1) is 0 Å².